The van der Waals surface area contributed by atoms with E-state index in [1.165, 1.54) is 4.90 Å². The number of piperidine rings is 1. The summed E-state index contributed by atoms with van der Waals surface area (Å²) in [5.41, 5.74) is 5.09. The van der Waals surface area contributed by atoms with Crippen molar-refractivity contribution in [1.82, 2.24) is 20.8 Å². The summed E-state index contributed by atoms with van der Waals surface area (Å²) in [5.74, 6) is -0.898. The predicted molar refractivity (Wildman–Crippen MR) is 74.6 cm³/mol. The fourth-order valence-electron chi connectivity index (χ4n) is 2.79. The van der Waals surface area contributed by atoms with Gasteiger partial charge in [-0.05, 0) is 25.0 Å². The highest BCUT2D eigenvalue weighted by Crippen LogP contribution is 2.28. The molecule has 1 aromatic carbocycles. The summed E-state index contributed by atoms with van der Waals surface area (Å²) in [6, 6.07) is 6.96. The topological polar surface area (TPSA) is 102 Å². The normalized spacial score (nSPS) is 23.4. The lowest BCUT2D eigenvalue weighted by molar-refractivity contribution is -0.126. The van der Waals surface area contributed by atoms with Gasteiger partial charge in [-0.25, -0.2) is 9.86 Å². The van der Waals surface area contributed by atoms with E-state index in [0.29, 0.717) is 30.0 Å². The zero-order valence-corrected chi connectivity index (χ0v) is 11.7. The Morgan fingerprint density at radius 1 is 1.14 bits per heavy atom. The second kappa shape index (κ2) is 5.64. The number of amides is 4. The van der Waals surface area contributed by atoms with Gasteiger partial charge >= 0.3 is 6.03 Å². The first-order valence-corrected chi connectivity index (χ1v) is 7.02. The quantitative estimate of drug-likeness (QED) is 0.533. The predicted octanol–water partition coefficient (Wildman–Crippen LogP) is 0.105. The maximum absolute atomic E-state index is 12.2. The molecule has 2 fully saturated rings. The number of benzene rings is 1. The molecule has 1 aromatic rings. The monoisotopic (exact) mass is 304 g/mol. The third kappa shape index (κ3) is 2.48. The van der Waals surface area contributed by atoms with E-state index in [2.05, 4.69) is 10.9 Å². The van der Waals surface area contributed by atoms with E-state index in [1.54, 1.807) is 30.3 Å². The van der Waals surface area contributed by atoms with Crippen LogP contribution >= 0.6 is 0 Å². The molecule has 0 unspecified atom stereocenters. The number of nitrogens with zero attached hydrogens (tertiary/aromatic N) is 2. The van der Waals surface area contributed by atoms with Crippen LogP contribution in [0.15, 0.2) is 30.3 Å². The van der Waals surface area contributed by atoms with Crippen LogP contribution in [0.4, 0.5) is 4.79 Å². The minimum absolute atomic E-state index is 0.254. The third-order valence-electron chi connectivity index (χ3n) is 3.98. The van der Waals surface area contributed by atoms with Crippen LogP contribution in [0.25, 0.3) is 0 Å². The van der Waals surface area contributed by atoms with E-state index >= 15 is 0 Å². The Balaban J connectivity index is 1.59. The number of hydrazine groups is 1. The maximum Gasteiger partial charge on any atom is 0.344 e. The smallest absolute Gasteiger partial charge is 0.309 e. The number of carbonyl (C=O) groups excluding carboxylic acids is 3. The summed E-state index contributed by atoms with van der Waals surface area (Å²) in [6.45, 7) is 0.319. The Morgan fingerprint density at radius 2 is 1.86 bits per heavy atom. The van der Waals surface area contributed by atoms with E-state index in [0.717, 1.165) is 0 Å². The van der Waals surface area contributed by atoms with Gasteiger partial charge in [-0.1, -0.05) is 18.2 Å². The van der Waals surface area contributed by atoms with Crippen LogP contribution in [0.2, 0.25) is 0 Å². The molecule has 0 radical (unpaired) electrons. The molecule has 2 saturated heterocycles. The molecule has 2 bridgehead atoms. The highest BCUT2D eigenvalue weighted by molar-refractivity contribution is 5.96. The molecule has 0 spiro atoms. The number of rotatable bonds is 2. The van der Waals surface area contributed by atoms with Gasteiger partial charge in [0.05, 0.1) is 6.04 Å². The Labute approximate surface area is 126 Å². The molecule has 4 amide bonds. The molecular formula is C14H16N4O4. The van der Waals surface area contributed by atoms with Crippen LogP contribution < -0.4 is 10.9 Å². The number of urea groups is 1. The fraction of sp³-hybridized carbons (Fsp3) is 0.357. The van der Waals surface area contributed by atoms with Crippen LogP contribution in [0.1, 0.15) is 23.2 Å². The lowest BCUT2D eigenvalue weighted by atomic mass is 10.0. The van der Waals surface area contributed by atoms with Gasteiger partial charge in [-0.2, -0.15) is 0 Å². The summed E-state index contributed by atoms with van der Waals surface area (Å²) in [4.78, 5) is 37.1. The number of nitrogens with one attached hydrogen (secondary N) is 2. The molecule has 3 rings (SSSR count). The summed E-state index contributed by atoms with van der Waals surface area (Å²) in [5, 5.41) is 10.3. The molecule has 0 aliphatic carbocycles. The average molecular weight is 304 g/mol. The van der Waals surface area contributed by atoms with Gasteiger partial charge in [-0.15, -0.1) is 0 Å². The van der Waals surface area contributed by atoms with Gasteiger partial charge < -0.3 is 4.90 Å². The van der Waals surface area contributed by atoms with Crippen molar-refractivity contribution in [2.45, 2.75) is 24.9 Å². The third-order valence-corrected chi connectivity index (χ3v) is 3.98. The Kier molecular flexibility index (Phi) is 3.68. The number of fused-ring (bicyclic) bond motifs is 2. The van der Waals surface area contributed by atoms with E-state index in [-0.39, 0.29) is 6.04 Å². The van der Waals surface area contributed by atoms with Crippen LogP contribution in [0, 0.1) is 0 Å². The van der Waals surface area contributed by atoms with Crippen LogP contribution in [0.5, 0.6) is 0 Å². The maximum atomic E-state index is 12.2. The molecule has 2 aliphatic rings. The molecule has 116 valence electrons. The standard InChI is InChI=1S/C14H16N4O4/c19-12(9-4-2-1-3-5-9)15-16-13(20)11-7-6-10-8-17(11)14(21)18(10)22/h1-5,10-11,22H,6-8H2,(H,15,19)(H,16,20)/t10-,11-/m1/s1. The number of hydrogen-bond acceptors (Lipinski definition) is 4. The molecule has 2 aliphatic heterocycles. The summed E-state index contributed by atoms with van der Waals surface area (Å²) >= 11 is 0. The second-order valence-corrected chi connectivity index (χ2v) is 5.34. The fourth-order valence-corrected chi connectivity index (χ4v) is 2.79. The minimum atomic E-state index is -0.683. The number of hydroxylamine groups is 2. The zero-order valence-electron chi connectivity index (χ0n) is 11.7. The lowest BCUT2D eigenvalue weighted by Crippen LogP contribution is -2.54. The Hall–Kier alpha value is -2.61. The first-order valence-electron chi connectivity index (χ1n) is 7.02. The van der Waals surface area contributed by atoms with Crippen molar-refractivity contribution < 1.29 is 19.6 Å². The van der Waals surface area contributed by atoms with Crippen LogP contribution in [-0.2, 0) is 4.79 Å². The Morgan fingerprint density at radius 3 is 2.59 bits per heavy atom. The molecule has 8 heteroatoms. The van der Waals surface area contributed by atoms with Crippen molar-refractivity contribution in [3.05, 3.63) is 35.9 Å². The first-order chi connectivity index (χ1) is 10.6. The average Bonchev–Trinajstić information content (AvgIpc) is 2.78. The van der Waals surface area contributed by atoms with Crippen molar-refractivity contribution in [1.29, 1.82) is 0 Å². The molecule has 0 aromatic heterocycles. The van der Waals surface area contributed by atoms with Gasteiger partial charge in [0.15, 0.2) is 0 Å². The van der Waals surface area contributed by atoms with Crippen LogP contribution in [0.3, 0.4) is 0 Å². The molecule has 8 nitrogen and oxygen atoms in total. The number of carbonyl (C=O) groups is 3. The van der Waals surface area contributed by atoms with Gasteiger partial charge in [-0.3, -0.25) is 25.6 Å². The van der Waals surface area contributed by atoms with Crippen molar-refractivity contribution in [2.75, 3.05) is 6.54 Å². The molecule has 2 atom stereocenters. The summed E-state index contributed by atoms with van der Waals surface area (Å²) in [7, 11) is 0. The van der Waals surface area contributed by atoms with Crippen LogP contribution in [-0.4, -0.2) is 51.6 Å². The molecule has 22 heavy (non-hydrogen) atoms. The van der Waals surface area contributed by atoms with Crippen molar-refractivity contribution in [2.24, 2.45) is 0 Å². The van der Waals surface area contributed by atoms with Crippen molar-refractivity contribution in [3.63, 3.8) is 0 Å². The van der Waals surface area contributed by atoms with Crippen molar-refractivity contribution >= 4 is 17.8 Å². The number of hydrogen-bond donors (Lipinski definition) is 3. The summed E-state index contributed by atoms with van der Waals surface area (Å²) < 4.78 is 0. The van der Waals surface area contributed by atoms with Gasteiger partial charge in [0.25, 0.3) is 11.8 Å². The largest absolute Gasteiger partial charge is 0.344 e. The molecular weight excluding hydrogens is 288 g/mol. The Bertz CT molecular complexity index is 606. The van der Waals surface area contributed by atoms with E-state index in [9.17, 15) is 19.6 Å². The van der Waals surface area contributed by atoms with Gasteiger partial charge in [0.1, 0.15) is 6.04 Å². The second-order valence-electron chi connectivity index (χ2n) is 5.34. The lowest BCUT2D eigenvalue weighted by Gasteiger charge is -2.29. The molecule has 2 heterocycles. The summed E-state index contributed by atoms with van der Waals surface area (Å²) in [6.07, 6.45) is 0.990. The highest BCUT2D eigenvalue weighted by Gasteiger charge is 2.46. The van der Waals surface area contributed by atoms with Gasteiger partial charge in [0, 0.05) is 12.1 Å². The van der Waals surface area contributed by atoms with Gasteiger partial charge in [0.2, 0.25) is 0 Å². The van der Waals surface area contributed by atoms with Crippen molar-refractivity contribution in [3.8, 4) is 0 Å². The van der Waals surface area contributed by atoms with E-state index < -0.39 is 23.9 Å². The molecule has 3 N–H and O–H groups in total. The van der Waals surface area contributed by atoms with E-state index in [4.69, 9.17) is 0 Å². The highest BCUT2D eigenvalue weighted by atomic mass is 16.5. The minimum Gasteiger partial charge on any atom is -0.309 e. The SMILES string of the molecule is O=C(NNC(=O)[C@H]1CC[C@@H]2CN1C(=O)N2O)c1ccccc1. The van der Waals surface area contributed by atoms with E-state index in [1.807, 2.05) is 0 Å². The molecule has 0 saturated carbocycles. The zero-order chi connectivity index (χ0) is 15.7. The first kappa shape index (κ1) is 14.3.